The molecule has 1 aliphatic rings. The third-order valence-corrected chi connectivity index (χ3v) is 8.82. The van der Waals surface area contributed by atoms with Crippen molar-refractivity contribution in [3.63, 3.8) is 0 Å². The summed E-state index contributed by atoms with van der Waals surface area (Å²) < 4.78 is 51.3. The molecule has 0 aliphatic carbocycles. The van der Waals surface area contributed by atoms with Crippen LogP contribution in [0.5, 0.6) is 11.5 Å². The second-order valence-corrected chi connectivity index (χ2v) is 11.3. The zero-order valence-electron chi connectivity index (χ0n) is 23.7. The highest BCUT2D eigenvalue weighted by atomic mass is 32.2. The first-order chi connectivity index (χ1) is 21.4. The Balaban J connectivity index is 1.51. The van der Waals surface area contributed by atoms with Gasteiger partial charge in [0.25, 0.3) is 0 Å². The molecular weight excluding hydrogens is 581 g/mol. The van der Waals surface area contributed by atoms with Gasteiger partial charge in [0.2, 0.25) is 0 Å². The maximum atomic E-state index is 13.4. The maximum absolute atomic E-state index is 13.4. The van der Waals surface area contributed by atoms with Crippen LogP contribution in [0.1, 0.15) is 5.56 Å². The summed E-state index contributed by atoms with van der Waals surface area (Å²) in [7, 11) is 3.17. The monoisotopic (exact) mass is 606 g/mol. The lowest BCUT2D eigenvalue weighted by atomic mass is 9.96. The molecule has 0 radical (unpaired) electrons. The normalized spacial score (nSPS) is 12.5. The lowest BCUT2D eigenvalue weighted by Gasteiger charge is -2.33. The molecule has 4 nitrogen and oxygen atoms in total. The Morgan fingerprint density at radius 3 is 1.89 bits per heavy atom. The number of halogens is 3. The number of anilines is 3. The van der Waals surface area contributed by atoms with Crippen molar-refractivity contribution in [1.29, 1.82) is 0 Å². The van der Waals surface area contributed by atoms with Crippen LogP contribution >= 0.6 is 11.8 Å². The topological polar surface area (TPSA) is 34.6 Å². The predicted molar refractivity (Wildman–Crippen MR) is 170 cm³/mol. The Morgan fingerprint density at radius 2 is 1.25 bits per heavy atom. The Hall–Kier alpha value is -4.95. The molecule has 0 spiro atoms. The van der Waals surface area contributed by atoms with Gasteiger partial charge in [-0.15, -0.1) is 0 Å². The van der Waals surface area contributed by atoms with Gasteiger partial charge in [-0.1, -0.05) is 66.4 Å². The van der Waals surface area contributed by atoms with Crippen molar-refractivity contribution in [2.45, 2.75) is 16.0 Å². The number of aromatic nitrogens is 1. The third kappa shape index (κ3) is 4.81. The van der Waals surface area contributed by atoms with E-state index in [1.54, 1.807) is 26.0 Å². The summed E-state index contributed by atoms with van der Waals surface area (Å²) in [5.41, 5.74) is 5.77. The largest absolute Gasteiger partial charge is 0.493 e. The molecule has 0 unspecified atom stereocenters. The van der Waals surface area contributed by atoms with Crippen molar-refractivity contribution in [2.24, 2.45) is 0 Å². The summed E-state index contributed by atoms with van der Waals surface area (Å²) in [5.74, 6) is 1.16. The molecule has 5 aromatic carbocycles. The average Bonchev–Trinajstić information content (AvgIpc) is 3.05. The number of benzene rings is 5. The number of hydrogen-bond acceptors (Lipinski definition) is 5. The first-order valence-electron chi connectivity index (χ1n) is 13.9. The van der Waals surface area contributed by atoms with Crippen molar-refractivity contribution >= 4 is 39.7 Å². The quantitative estimate of drug-likeness (QED) is 0.195. The molecule has 0 fully saturated rings. The molecule has 0 amide bonds. The van der Waals surface area contributed by atoms with Gasteiger partial charge in [0.1, 0.15) is 0 Å². The Kier molecular flexibility index (Phi) is 6.94. The minimum Gasteiger partial charge on any atom is -0.493 e. The van der Waals surface area contributed by atoms with Gasteiger partial charge < -0.3 is 14.4 Å². The first-order valence-corrected chi connectivity index (χ1v) is 14.7. The molecule has 44 heavy (non-hydrogen) atoms. The smallest absolute Gasteiger partial charge is 0.416 e. The standard InChI is InChI=1S/C36H25F3N2O2S/c1-42-31-19-16-23(20-32(31)43-2)26-21-27(22-14-17-24(18-15-22)36(37,38)39)40-35-25(26)8-7-11-30(35)41-28-9-3-5-12-33(28)44-34-13-6-4-10-29(34)41/h3-21H,1-2H3. The molecule has 6 aromatic rings. The van der Waals surface area contributed by atoms with Gasteiger partial charge >= 0.3 is 6.18 Å². The van der Waals surface area contributed by atoms with E-state index in [1.165, 1.54) is 12.1 Å². The van der Waals surface area contributed by atoms with E-state index in [0.717, 1.165) is 55.5 Å². The summed E-state index contributed by atoms with van der Waals surface area (Å²) in [5, 5.41) is 0.888. The summed E-state index contributed by atoms with van der Waals surface area (Å²) in [6.45, 7) is 0. The van der Waals surface area contributed by atoms with Crippen LogP contribution in [0.25, 0.3) is 33.3 Å². The molecule has 1 aliphatic heterocycles. The van der Waals surface area contributed by atoms with E-state index in [9.17, 15) is 13.2 Å². The minimum absolute atomic E-state index is 0.552. The molecule has 1 aromatic heterocycles. The van der Waals surface area contributed by atoms with E-state index >= 15 is 0 Å². The second-order valence-electron chi connectivity index (χ2n) is 10.2. The molecule has 0 saturated carbocycles. The molecule has 0 bridgehead atoms. The van der Waals surface area contributed by atoms with Crippen molar-refractivity contribution in [2.75, 3.05) is 19.1 Å². The SMILES string of the molecule is COc1ccc(-c2cc(-c3ccc(C(F)(F)F)cc3)nc3c(N4c5ccccc5Sc5ccccc54)cccc23)cc1OC. The van der Waals surface area contributed by atoms with Crippen LogP contribution in [-0.2, 0) is 6.18 Å². The fourth-order valence-electron chi connectivity index (χ4n) is 5.60. The molecule has 7 rings (SSSR count). The van der Waals surface area contributed by atoms with Crippen LogP contribution < -0.4 is 14.4 Å². The highest BCUT2D eigenvalue weighted by Gasteiger charge is 2.30. The van der Waals surface area contributed by atoms with Crippen molar-refractivity contribution in [3.8, 4) is 33.9 Å². The molecule has 8 heteroatoms. The van der Waals surface area contributed by atoms with Crippen LogP contribution in [0.15, 0.2) is 125 Å². The van der Waals surface area contributed by atoms with E-state index in [-0.39, 0.29) is 0 Å². The van der Waals surface area contributed by atoms with Gasteiger partial charge in [-0.2, -0.15) is 13.2 Å². The van der Waals surface area contributed by atoms with E-state index in [0.29, 0.717) is 28.3 Å². The number of methoxy groups -OCH3 is 2. The van der Waals surface area contributed by atoms with E-state index in [4.69, 9.17) is 14.5 Å². The number of para-hydroxylation sites is 3. The molecule has 0 atom stereocenters. The van der Waals surface area contributed by atoms with Crippen LogP contribution in [0.4, 0.5) is 30.2 Å². The van der Waals surface area contributed by atoms with Crippen molar-refractivity contribution < 1.29 is 22.6 Å². The summed E-state index contributed by atoms with van der Waals surface area (Å²) in [4.78, 5) is 9.58. The molecule has 2 heterocycles. The van der Waals surface area contributed by atoms with Gasteiger partial charge in [0.05, 0.1) is 48.1 Å². The number of hydrogen-bond donors (Lipinski definition) is 0. The lowest BCUT2D eigenvalue weighted by Crippen LogP contribution is -2.15. The highest BCUT2D eigenvalue weighted by molar-refractivity contribution is 7.99. The molecule has 218 valence electrons. The van der Waals surface area contributed by atoms with Gasteiger partial charge in [0.15, 0.2) is 11.5 Å². The number of fused-ring (bicyclic) bond motifs is 3. The molecule has 0 saturated heterocycles. The van der Waals surface area contributed by atoms with Gasteiger partial charge in [-0.05, 0) is 71.8 Å². The van der Waals surface area contributed by atoms with E-state index in [2.05, 4.69) is 29.2 Å². The maximum Gasteiger partial charge on any atom is 0.416 e. The third-order valence-electron chi connectivity index (χ3n) is 7.69. The molecule has 0 N–H and O–H groups in total. The Morgan fingerprint density at radius 1 is 0.636 bits per heavy atom. The number of ether oxygens (including phenoxy) is 2. The number of rotatable bonds is 5. The predicted octanol–water partition coefficient (Wildman–Crippen LogP) is 10.5. The van der Waals surface area contributed by atoms with Crippen LogP contribution in [0, 0.1) is 0 Å². The fourth-order valence-corrected chi connectivity index (χ4v) is 6.66. The second kappa shape index (κ2) is 11.0. The van der Waals surface area contributed by atoms with Crippen molar-refractivity contribution in [3.05, 3.63) is 121 Å². The Bertz CT molecular complexity index is 1980. The van der Waals surface area contributed by atoms with Gasteiger partial charge in [-0.25, -0.2) is 4.98 Å². The van der Waals surface area contributed by atoms with Gasteiger partial charge in [-0.3, -0.25) is 0 Å². The van der Waals surface area contributed by atoms with Gasteiger partial charge in [0, 0.05) is 20.7 Å². The van der Waals surface area contributed by atoms with Crippen LogP contribution in [0.3, 0.4) is 0 Å². The average molecular weight is 607 g/mol. The highest BCUT2D eigenvalue weighted by Crippen LogP contribution is 2.52. The summed E-state index contributed by atoms with van der Waals surface area (Å²) in [6.07, 6.45) is -4.43. The van der Waals surface area contributed by atoms with E-state index in [1.807, 2.05) is 66.7 Å². The number of alkyl halides is 3. The van der Waals surface area contributed by atoms with E-state index < -0.39 is 11.7 Å². The zero-order valence-corrected chi connectivity index (χ0v) is 24.5. The summed E-state index contributed by atoms with van der Waals surface area (Å²) in [6, 6.07) is 35.3. The number of pyridine rings is 1. The minimum atomic E-state index is -4.43. The Labute approximate surface area is 256 Å². The lowest BCUT2D eigenvalue weighted by molar-refractivity contribution is -0.137. The van der Waals surface area contributed by atoms with Crippen LogP contribution in [0.2, 0.25) is 0 Å². The number of nitrogens with zero attached hydrogens (tertiary/aromatic N) is 2. The summed E-state index contributed by atoms with van der Waals surface area (Å²) >= 11 is 1.72. The fraction of sp³-hybridized carbons (Fsp3) is 0.0833. The zero-order chi connectivity index (χ0) is 30.4. The first kappa shape index (κ1) is 27.9. The molecular formula is C36H25F3N2O2S. The van der Waals surface area contributed by atoms with Crippen LogP contribution in [-0.4, -0.2) is 19.2 Å². The van der Waals surface area contributed by atoms with Crippen molar-refractivity contribution in [1.82, 2.24) is 4.98 Å².